The lowest BCUT2D eigenvalue weighted by Crippen LogP contribution is -2.17. The van der Waals surface area contributed by atoms with Crippen molar-refractivity contribution in [1.29, 1.82) is 5.26 Å². The van der Waals surface area contributed by atoms with Gasteiger partial charge >= 0.3 is 5.97 Å². The highest BCUT2D eigenvalue weighted by molar-refractivity contribution is 9.10. The van der Waals surface area contributed by atoms with Gasteiger partial charge in [-0.3, -0.25) is 9.89 Å². The molecule has 0 saturated carbocycles. The zero-order valence-electron chi connectivity index (χ0n) is 16.1. The smallest absolute Gasteiger partial charge is 0.341 e. The first-order chi connectivity index (χ1) is 14.4. The largest absolute Gasteiger partial charge is 0.459 e. The number of rotatable bonds is 6. The van der Waals surface area contributed by atoms with Crippen molar-refractivity contribution in [2.45, 2.75) is 20.0 Å². The van der Waals surface area contributed by atoms with Gasteiger partial charge in [0.2, 0.25) is 0 Å². The van der Waals surface area contributed by atoms with E-state index < -0.39 is 11.9 Å². The number of nitrogens with zero attached hydrogens (tertiary/aromatic N) is 2. The highest BCUT2D eigenvalue weighted by atomic mass is 79.9. The van der Waals surface area contributed by atoms with Crippen LogP contribution in [0.3, 0.4) is 0 Å². The van der Waals surface area contributed by atoms with Crippen LogP contribution >= 0.6 is 27.3 Å². The molecule has 9 heteroatoms. The molecule has 0 atom stereocenters. The molecule has 152 valence electrons. The van der Waals surface area contributed by atoms with E-state index in [-0.39, 0.29) is 17.2 Å². The molecule has 3 rings (SSSR count). The summed E-state index contributed by atoms with van der Waals surface area (Å²) in [6, 6.07) is 11.0. The second kappa shape index (κ2) is 9.52. The van der Waals surface area contributed by atoms with Crippen LogP contribution < -0.4 is 5.32 Å². The first kappa shape index (κ1) is 21.5. The first-order valence-electron chi connectivity index (χ1n) is 8.90. The number of hydrogen-bond acceptors (Lipinski definition) is 6. The number of anilines is 1. The van der Waals surface area contributed by atoms with Crippen LogP contribution in [0.2, 0.25) is 0 Å². The third kappa shape index (κ3) is 5.03. The molecule has 2 N–H and O–H groups in total. The van der Waals surface area contributed by atoms with Crippen LogP contribution in [0.5, 0.6) is 0 Å². The summed E-state index contributed by atoms with van der Waals surface area (Å²) < 4.78 is 6.12. The second-order valence-electron chi connectivity index (χ2n) is 6.45. The molecule has 0 aliphatic heterocycles. The lowest BCUT2D eigenvalue weighted by atomic mass is 10.1. The molecule has 0 unspecified atom stereocenters. The van der Waals surface area contributed by atoms with Crippen LogP contribution in [0.25, 0.3) is 17.3 Å². The van der Waals surface area contributed by atoms with E-state index in [1.54, 1.807) is 31.5 Å². The average Bonchev–Trinajstić information content (AvgIpc) is 3.35. The molecule has 7 nitrogen and oxygen atoms in total. The maximum atomic E-state index is 12.7. The molecule has 0 saturated heterocycles. The Hall–Kier alpha value is -3.22. The van der Waals surface area contributed by atoms with E-state index >= 15 is 0 Å². The minimum Gasteiger partial charge on any atom is -0.459 e. The van der Waals surface area contributed by atoms with Gasteiger partial charge in [-0.1, -0.05) is 28.1 Å². The van der Waals surface area contributed by atoms with Gasteiger partial charge < -0.3 is 10.1 Å². The Morgan fingerprint density at radius 2 is 2.03 bits per heavy atom. The van der Waals surface area contributed by atoms with Gasteiger partial charge in [-0.2, -0.15) is 10.4 Å². The Balaban J connectivity index is 1.84. The molecular formula is C21H17BrN4O3S. The third-order valence-electron chi connectivity index (χ3n) is 3.92. The number of nitrogens with one attached hydrogen (secondary N) is 2. The van der Waals surface area contributed by atoms with Crippen LogP contribution in [-0.4, -0.2) is 28.2 Å². The number of nitriles is 1. The number of esters is 1. The molecule has 2 heterocycles. The third-order valence-corrected chi connectivity index (χ3v) is 5.28. The van der Waals surface area contributed by atoms with E-state index in [0.29, 0.717) is 16.3 Å². The van der Waals surface area contributed by atoms with Crippen molar-refractivity contribution in [3.63, 3.8) is 0 Å². The monoisotopic (exact) mass is 484 g/mol. The fraction of sp³-hybridized carbons (Fsp3) is 0.143. The Morgan fingerprint density at radius 3 is 2.70 bits per heavy atom. The molecule has 0 aliphatic carbocycles. The Kier molecular flexibility index (Phi) is 6.82. The zero-order chi connectivity index (χ0) is 21.7. The number of aromatic nitrogens is 2. The standard InChI is InChI=1S/C21H17BrN4O3S/c1-12(2)29-21(28)17-7-8-30-20(17)25-19(27)14(10-23)9-15-11-24-26-18(15)13-3-5-16(22)6-4-13/h3-9,11-12H,1-2H3,(H,24,26)(H,25,27)/b14-9+. The maximum absolute atomic E-state index is 12.7. The minimum absolute atomic E-state index is 0.119. The summed E-state index contributed by atoms with van der Waals surface area (Å²) in [6.07, 6.45) is 2.71. The zero-order valence-corrected chi connectivity index (χ0v) is 18.5. The lowest BCUT2D eigenvalue weighted by molar-refractivity contribution is -0.112. The van der Waals surface area contributed by atoms with Gasteiger partial charge in [0.15, 0.2) is 0 Å². The van der Waals surface area contributed by atoms with Crippen LogP contribution in [0.1, 0.15) is 29.8 Å². The van der Waals surface area contributed by atoms with Gasteiger partial charge in [0.1, 0.15) is 16.6 Å². The lowest BCUT2D eigenvalue weighted by Gasteiger charge is -2.09. The van der Waals surface area contributed by atoms with Crippen molar-refractivity contribution in [1.82, 2.24) is 10.2 Å². The normalized spacial score (nSPS) is 11.2. The average molecular weight is 485 g/mol. The molecule has 0 radical (unpaired) electrons. The molecule has 0 bridgehead atoms. The molecule has 0 aliphatic rings. The van der Waals surface area contributed by atoms with Crippen molar-refractivity contribution in [2.75, 3.05) is 5.32 Å². The summed E-state index contributed by atoms with van der Waals surface area (Å²) in [5.74, 6) is -1.15. The molecule has 0 fully saturated rings. The fourth-order valence-electron chi connectivity index (χ4n) is 2.57. The van der Waals surface area contributed by atoms with E-state index in [1.165, 1.54) is 17.4 Å². The summed E-state index contributed by atoms with van der Waals surface area (Å²) in [4.78, 5) is 24.9. The topological polar surface area (TPSA) is 108 Å². The van der Waals surface area contributed by atoms with Crippen molar-refractivity contribution < 1.29 is 14.3 Å². The van der Waals surface area contributed by atoms with Crippen LogP contribution in [0, 0.1) is 11.3 Å². The van der Waals surface area contributed by atoms with Crippen LogP contribution in [0.4, 0.5) is 5.00 Å². The molecular weight excluding hydrogens is 468 g/mol. The number of thiophene rings is 1. The number of carbonyl (C=O) groups is 2. The van der Waals surface area contributed by atoms with E-state index in [4.69, 9.17) is 4.74 Å². The maximum Gasteiger partial charge on any atom is 0.341 e. The quantitative estimate of drug-likeness (QED) is 0.290. The molecule has 1 amide bonds. The van der Waals surface area contributed by atoms with E-state index in [2.05, 4.69) is 31.4 Å². The predicted molar refractivity (Wildman–Crippen MR) is 119 cm³/mol. The summed E-state index contributed by atoms with van der Waals surface area (Å²) in [5.41, 5.74) is 2.26. The number of hydrogen-bond donors (Lipinski definition) is 2. The summed E-state index contributed by atoms with van der Waals surface area (Å²) >= 11 is 4.57. The van der Waals surface area contributed by atoms with Crippen molar-refractivity contribution in [3.05, 3.63) is 63.1 Å². The first-order valence-corrected chi connectivity index (χ1v) is 10.6. The van der Waals surface area contributed by atoms with E-state index in [0.717, 1.165) is 10.0 Å². The summed E-state index contributed by atoms with van der Waals surface area (Å²) in [5, 5.41) is 21.1. The molecule has 1 aromatic carbocycles. The molecule has 2 aromatic heterocycles. The van der Waals surface area contributed by atoms with E-state index in [9.17, 15) is 14.9 Å². The molecule has 3 aromatic rings. The number of ether oxygens (including phenoxy) is 1. The van der Waals surface area contributed by atoms with Gasteiger partial charge in [0.05, 0.1) is 23.6 Å². The predicted octanol–water partition coefficient (Wildman–Crippen LogP) is 5.01. The highest BCUT2D eigenvalue weighted by Gasteiger charge is 2.19. The van der Waals surface area contributed by atoms with Gasteiger partial charge in [-0.15, -0.1) is 11.3 Å². The van der Waals surface area contributed by atoms with E-state index in [1.807, 2.05) is 30.3 Å². The molecule has 0 spiro atoms. The Bertz CT molecular complexity index is 1140. The number of aromatic amines is 1. The van der Waals surface area contributed by atoms with Crippen molar-refractivity contribution in [2.24, 2.45) is 0 Å². The number of amides is 1. The molecule has 30 heavy (non-hydrogen) atoms. The Morgan fingerprint density at radius 1 is 1.30 bits per heavy atom. The summed E-state index contributed by atoms with van der Waals surface area (Å²) in [6.45, 7) is 3.49. The van der Waals surface area contributed by atoms with Crippen LogP contribution in [-0.2, 0) is 9.53 Å². The van der Waals surface area contributed by atoms with Crippen molar-refractivity contribution in [3.8, 4) is 17.3 Å². The fourth-order valence-corrected chi connectivity index (χ4v) is 3.61. The van der Waals surface area contributed by atoms with Crippen LogP contribution in [0.15, 0.2) is 52.0 Å². The number of halogens is 1. The number of H-pyrrole nitrogens is 1. The van der Waals surface area contributed by atoms with Gasteiger partial charge in [-0.05, 0) is 43.5 Å². The minimum atomic E-state index is -0.624. The van der Waals surface area contributed by atoms with Gasteiger partial charge in [-0.25, -0.2) is 4.79 Å². The van der Waals surface area contributed by atoms with Gasteiger partial charge in [0.25, 0.3) is 5.91 Å². The SMILES string of the molecule is CC(C)OC(=O)c1ccsc1NC(=O)/C(C#N)=C/c1cn[nH]c1-c1ccc(Br)cc1. The highest BCUT2D eigenvalue weighted by Crippen LogP contribution is 2.27. The number of benzene rings is 1. The summed E-state index contributed by atoms with van der Waals surface area (Å²) in [7, 11) is 0. The number of carbonyl (C=O) groups excluding carboxylic acids is 2. The van der Waals surface area contributed by atoms with Crippen molar-refractivity contribution >= 4 is 50.2 Å². The van der Waals surface area contributed by atoms with Gasteiger partial charge in [0, 0.05) is 15.6 Å². The Labute approximate surface area is 185 Å². The second-order valence-corrected chi connectivity index (χ2v) is 8.28.